The molecule has 2 amide bonds. The minimum Gasteiger partial charge on any atom is -0.483 e. The molecule has 0 spiro atoms. The van der Waals surface area contributed by atoms with Crippen LogP contribution in [0.5, 0.6) is 5.75 Å². The highest BCUT2D eigenvalue weighted by Crippen LogP contribution is 2.26. The number of carbonyl (C=O) groups is 2. The highest BCUT2D eigenvalue weighted by atomic mass is 19.1. The van der Waals surface area contributed by atoms with Crippen molar-refractivity contribution in [1.82, 2.24) is 10.2 Å². The Bertz CT molecular complexity index is 867. The van der Waals surface area contributed by atoms with Crippen LogP contribution in [0.15, 0.2) is 48.5 Å². The number of nitrogens with one attached hydrogen (secondary N) is 1. The van der Waals surface area contributed by atoms with Crippen LogP contribution in [0, 0.1) is 5.82 Å². The fourth-order valence-corrected chi connectivity index (χ4v) is 3.15. The maximum Gasteiger partial charge on any atom is 0.261 e. The highest BCUT2D eigenvalue weighted by molar-refractivity contribution is 5.88. The maximum atomic E-state index is 13.3. The van der Waals surface area contributed by atoms with Gasteiger partial charge in [-0.2, -0.15) is 0 Å². The van der Waals surface area contributed by atoms with E-state index in [1.807, 2.05) is 38.1 Å². The summed E-state index contributed by atoms with van der Waals surface area (Å²) in [5.41, 5.74) is 1.75. The summed E-state index contributed by atoms with van der Waals surface area (Å²) < 4.78 is 19.1. The smallest absolute Gasteiger partial charge is 0.261 e. The van der Waals surface area contributed by atoms with Gasteiger partial charge in [0.05, 0.1) is 0 Å². The predicted molar refractivity (Wildman–Crippen MR) is 120 cm³/mol. The minimum atomic E-state index is -0.699. The third-order valence-corrected chi connectivity index (χ3v) is 5.33. The van der Waals surface area contributed by atoms with Crippen LogP contribution < -0.4 is 10.1 Å². The van der Waals surface area contributed by atoms with Crippen molar-refractivity contribution in [2.75, 3.05) is 6.61 Å². The average Bonchev–Trinajstić information content (AvgIpc) is 2.76. The second-order valence-corrected chi connectivity index (χ2v) is 8.12. The van der Waals surface area contributed by atoms with E-state index >= 15 is 0 Å². The summed E-state index contributed by atoms with van der Waals surface area (Å²) in [7, 11) is 0. The van der Waals surface area contributed by atoms with Crippen molar-refractivity contribution < 1.29 is 18.7 Å². The van der Waals surface area contributed by atoms with Crippen molar-refractivity contribution >= 4 is 11.8 Å². The Balaban J connectivity index is 2.19. The number of carbonyl (C=O) groups excluding carboxylic acids is 2. The summed E-state index contributed by atoms with van der Waals surface area (Å²) in [6, 6.07) is 12.8. The molecule has 6 heteroatoms. The van der Waals surface area contributed by atoms with Crippen molar-refractivity contribution in [2.24, 2.45) is 0 Å². The molecule has 0 fully saturated rings. The molecule has 168 valence electrons. The lowest BCUT2D eigenvalue weighted by Crippen LogP contribution is -2.50. The van der Waals surface area contributed by atoms with Crippen LogP contribution in [0.25, 0.3) is 0 Å². The van der Waals surface area contributed by atoms with Gasteiger partial charge < -0.3 is 15.0 Å². The van der Waals surface area contributed by atoms with E-state index < -0.39 is 6.04 Å². The summed E-state index contributed by atoms with van der Waals surface area (Å²) in [5, 5.41) is 2.92. The first kappa shape index (κ1) is 24.4. The Morgan fingerprint density at radius 3 is 2.29 bits per heavy atom. The van der Waals surface area contributed by atoms with Gasteiger partial charge in [-0.05, 0) is 55.5 Å². The Morgan fingerprint density at radius 1 is 1.03 bits per heavy atom. The van der Waals surface area contributed by atoms with Crippen molar-refractivity contribution in [3.05, 3.63) is 65.5 Å². The number of halogens is 1. The second kappa shape index (κ2) is 11.5. The SMILES string of the molecule is CCC(C)NC(=O)C(C)N(Cc1ccc(F)cc1)C(=O)COc1ccccc1C(C)C. The fourth-order valence-electron chi connectivity index (χ4n) is 3.15. The molecule has 2 unspecified atom stereocenters. The second-order valence-electron chi connectivity index (χ2n) is 8.12. The van der Waals surface area contributed by atoms with Crippen molar-refractivity contribution in [2.45, 2.75) is 65.6 Å². The number of rotatable bonds is 10. The molecule has 1 N–H and O–H groups in total. The molecule has 31 heavy (non-hydrogen) atoms. The van der Waals surface area contributed by atoms with Crippen molar-refractivity contribution in [1.29, 1.82) is 0 Å². The molecule has 2 atom stereocenters. The van der Waals surface area contributed by atoms with Gasteiger partial charge in [0.2, 0.25) is 5.91 Å². The third-order valence-electron chi connectivity index (χ3n) is 5.33. The molecular weight excluding hydrogens is 395 g/mol. The molecule has 2 aromatic rings. The van der Waals surface area contributed by atoms with Crippen LogP contribution in [-0.4, -0.2) is 35.4 Å². The first-order valence-corrected chi connectivity index (χ1v) is 10.8. The van der Waals surface area contributed by atoms with E-state index in [0.29, 0.717) is 5.75 Å². The zero-order chi connectivity index (χ0) is 23.0. The molecule has 2 aromatic carbocycles. The van der Waals surface area contributed by atoms with Crippen LogP contribution in [-0.2, 0) is 16.1 Å². The number of benzene rings is 2. The molecule has 0 saturated carbocycles. The van der Waals surface area contributed by atoms with Gasteiger partial charge in [-0.3, -0.25) is 9.59 Å². The zero-order valence-electron chi connectivity index (χ0n) is 19.0. The summed E-state index contributed by atoms with van der Waals surface area (Å²) >= 11 is 0. The van der Waals surface area contributed by atoms with E-state index in [9.17, 15) is 14.0 Å². The lowest BCUT2D eigenvalue weighted by molar-refractivity contribution is -0.142. The van der Waals surface area contributed by atoms with Crippen LogP contribution in [0.3, 0.4) is 0 Å². The van der Waals surface area contributed by atoms with Gasteiger partial charge in [0, 0.05) is 12.6 Å². The molecular formula is C25H33FN2O3. The summed E-state index contributed by atoms with van der Waals surface area (Å²) in [6.07, 6.45) is 0.791. The van der Waals surface area contributed by atoms with Crippen LogP contribution in [0.4, 0.5) is 4.39 Å². The standard InChI is InChI=1S/C25H33FN2O3/c1-6-18(4)27-25(30)19(5)28(15-20-11-13-21(26)14-12-20)24(29)16-31-23-10-8-7-9-22(23)17(2)3/h7-14,17-19H,6,15-16H2,1-5H3,(H,27,30). The van der Waals surface area contributed by atoms with Crippen LogP contribution in [0.1, 0.15) is 58.1 Å². The monoisotopic (exact) mass is 428 g/mol. The normalized spacial score (nSPS) is 12.9. The van der Waals surface area contributed by atoms with E-state index in [1.165, 1.54) is 17.0 Å². The molecule has 0 saturated heterocycles. The van der Waals surface area contributed by atoms with Gasteiger partial charge in [0.15, 0.2) is 6.61 Å². The number of hydrogen-bond donors (Lipinski definition) is 1. The Kier molecular flexibility index (Phi) is 9.03. The summed E-state index contributed by atoms with van der Waals surface area (Å²) in [4.78, 5) is 27.3. The van der Waals surface area contributed by atoms with E-state index in [-0.39, 0.29) is 42.7 Å². The highest BCUT2D eigenvalue weighted by Gasteiger charge is 2.27. The quantitative estimate of drug-likeness (QED) is 0.599. The molecule has 0 heterocycles. The Labute approximate surface area is 184 Å². The van der Waals surface area contributed by atoms with Gasteiger partial charge in [0.25, 0.3) is 5.91 Å². The third kappa shape index (κ3) is 7.09. The minimum absolute atomic E-state index is 0.00638. The number of amides is 2. The molecule has 0 radical (unpaired) electrons. The molecule has 0 bridgehead atoms. The topological polar surface area (TPSA) is 58.6 Å². The van der Waals surface area contributed by atoms with Gasteiger partial charge in [-0.25, -0.2) is 4.39 Å². The molecule has 2 rings (SSSR count). The maximum absolute atomic E-state index is 13.3. The van der Waals surface area contributed by atoms with Gasteiger partial charge >= 0.3 is 0 Å². The van der Waals surface area contributed by atoms with Gasteiger partial charge in [0.1, 0.15) is 17.6 Å². The van der Waals surface area contributed by atoms with Gasteiger partial charge in [-0.1, -0.05) is 51.1 Å². The Hall–Kier alpha value is -2.89. The van der Waals surface area contributed by atoms with Crippen LogP contribution >= 0.6 is 0 Å². The zero-order valence-corrected chi connectivity index (χ0v) is 19.0. The van der Waals surface area contributed by atoms with E-state index in [0.717, 1.165) is 17.5 Å². The fraction of sp³-hybridized carbons (Fsp3) is 0.440. The molecule has 0 aromatic heterocycles. The van der Waals surface area contributed by atoms with Crippen molar-refractivity contribution in [3.8, 4) is 5.75 Å². The van der Waals surface area contributed by atoms with E-state index in [1.54, 1.807) is 19.1 Å². The molecule has 0 aliphatic carbocycles. The molecule has 0 aliphatic heterocycles. The number of ether oxygens (including phenoxy) is 1. The lowest BCUT2D eigenvalue weighted by atomic mass is 10.0. The van der Waals surface area contributed by atoms with Crippen LogP contribution in [0.2, 0.25) is 0 Å². The van der Waals surface area contributed by atoms with E-state index in [2.05, 4.69) is 19.2 Å². The molecule has 5 nitrogen and oxygen atoms in total. The number of hydrogen-bond acceptors (Lipinski definition) is 3. The van der Waals surface area contributed by atoms with Crippen molar-refractivity contribution in [3.63, 3.8) is 0 Å². The first-order valence-electron chi connectivity index (χ1n) is 10.8. The lowest BCUT2D eigenvalue weighted by Gasteiger charge is -2.29. The largest absolute Gasteiger partial charge is 0.483 e. The summed E-state index contributed by atoms with van der Waals surface area (Å²) in [5.74, 6) is 0.0195. The average molecular weight is 429 g/mol. The van der Waals surface area contributed by atoms with E-state index in [4.69, 9.17) is 4.74 Å². The Morgan fingerprint density at radius 2 is 1.68 bits per heavy atom. The summed E-state index contributed by atoms with van der Waals surface area (Å²) in [6.45, 7) is 9.72. The predicted octanol–water partition coefficient (Wildman–Crippen LogP) is 4.66. The number of nitrogens with zero attached hydrogens (tertiary/aromatic N) is 1. The number of para-hydroxylation sites is 1. The molecule has 0 aliphatic rings. The first-order chi connectivity index (χ1) is 14.7. The van der Waals surface area contributed by atoms with Gasteiger partial charge in [-0.15, -0.1) is 0 Å².